The van der Waals surface area contributed by atoms with Crippen molar-refractivity contribution in [1.29, 1.82) is 0 Å². The number of anilines is 1. The van der Waals surface area contributed by atoms with Gasteiger partial charge in [0.25, 0.3) is 5.91 Å². The van der Waals surface area contributed by atoms with Crippen molar-refractivity contribution in [2.75, 3.05) is 24.5 Å². The van der Waals surface area contributed by atoms with Gasteiger partial charge in [-0.2, -0.15) is 0 Å². The number of sulfone groups is 1. The molecule has 0 saturated carbocycles. The van der Waals surface area contributed by atoms with Crippen molar-refractivity contribution in [2.45, 2.75) is 37.7 Å². The van der Waals surface area contributed by atoms with Crippen LogP contribution in [-0.2, 0) is 20.4 Å². The molecule has 160 valence electrons. The van der Waals surface area contributed by atoms with E-state index in [4.69, 9.17) is 0 Å². The third-order valence-electron chi connectivity index (χ3n) is 5.50. The Morgan fingerprint density at radius 3 is 2.17 bits per heavy atom. The second kappa shape index (κ2) is 9.43. The zero-order chi connectivity index (χ0) is 21.7. The fourth-order valence-electron chi connectivity index (χ4n) is 3.65. The average Bonchev–Trinajstić information content (AvgIpc) is 3.29. The predicted octanol–water partition coefficient (Wildman–Crippen LogP) is 3.28. The molecule has 1 heterocycles. The van der Waals surface area contributed by atoms with E-state index >= 15 is 0 Å². The van der Waals surface area contributed by atoms with E-state index in [0.29, 0.717) is 23.4 Å². The molecule has 30 heavy (non-hydrogen) atoms. The molecule has 2 amide bonds. The fourth-order valence-corrected chi connectivity index (χ4v) is 4.99. The van der Waals surface area contributed by atoms with E-state index in [0.717, 1.165) is 25.9 Å². The summed E-state index contributed by atoms with van der Waals surface area (Å²) >= 11 is 0. The van der Waals surface area contributed by atoms with Gasteiger partial charge in [0.15, 0.2) is 9.84 Å². The van der Waals surface area contributed by atoms with Gasteiger partial charge < -0.3 is 9.80 Å². The lowest BCUT2D eigenvalue weighted by Crippen LogP contribution is -2.42. The summed E-state index contributed by atoms with van der Waals surface area (Å²) in [5, 5.41) is -1.16. The lowest BCUT2D eigenvalue weighted by atomic mass is 10.1. The number of benzene rings is 2. The summed E-state index contributed by atoms with van der Waals surface area (Å²) in [5.74, 6) is -0.707. The van der Waals surface area contributed by atoms with Crippen LogP contribution in [0.3, 0.4) is 0 Å². The molecule has 2 aromatic rings. The first kappa shape index (κ1) is 22.0. The summed E-state index contributed by atoms with van der Waals surface area (Å²) in [5.41, 5.74) is 1.80. The Labute approximate surface area is 178 Å². The molecular formula is C23H28N2O4S. The summed E-state index contributed by atoms with van der Waals surface area (Å²) in [7, 11) is -3.71. The van der Waals surface area contributed by atoms with Gasteiger partial charge in [-0.1, -0.05) is 30.3 Å². The van der Waals surface area contributed by atoms with Gasteiger partial charge in [0.1, 0.15) is 5.25 Å². The van der Waals surface area contributed by atoms with Gasteiger partial charge in [0.2, 0.25) is 5.91 Å². The van der Waals surface area contributed by atoms with Crippen molar-refractivity contribution in [2.24, 2.45) is 0 Å². The Bertz CT molecular complexity index is 982. The average molecular weight is 429 g/mol. The summed E-state index contributed by atoms with van der Waals surface area (Å²) in [6.45, 7) is 5.18. The number of hydrogen-bond donors (Lipinski definition) is 0. The topological polar surface area (TPSA) is 74.8 Å². The van der Waals surface area contributed by atoms with Gasteiger partial charge in [-0.25, -0.2) is 8.42 Å². The van der Waals surface area contributed by atoms with Crippen LogP contribution in [0.1, 0.15) is 42.6 Å². The number of carbonyl (C=O) groups excluding carboxylic acids is 2. The van der Waals surface area contributed by atoms with Gasteiger partial charge in [-0.15, -0.1) is 0 Å². The molecule has 1 fully saturated rings. The van der Waals surface area contributed by atoms with Crippen LogP contribution in [0, 0.1) is 0 Å². The highest BCUT2D eigenvalue weighted by atomic mass is 32.2. The summed E-state index contributed by atoms with van der Waals surface area (Å²) in [4.78, 5) is 28.6. The molecule has 0 spiro atoms. The molecule has 0 bridgehead atoms. The highest BCUT2D eigenvalue weighted by Crippen LogP contribution is 2.20. The molecule has 7 heteroatoms. The fraction of sp³-hybridized carbons (Fsp3) is 0.391. The minimum atomic E-state index is -3.71. The molecule has 1 aliphatic heterocycles. The molecule has 1 saturated heterocycles. The molecular weight excluding hydrogens is 400 g/mol. The van der Waals surface area contributed by atoms with Crippen molar-refractivity contribution >= 4 is 27.3 Å². The van der Waals surface area contributed by atoms with Crippen LogP contribution in [0.25, 0.3) is 0 Å². The van der Waals surface area contributed by atoms with Gasteiger partial charge >= 0.3 is 0 Å². The van der Waals surface area contributed by atoms with Gasteiger partial charge in [-0.05, 0) is 56.5 Å². The maximum Gasteiger partial charge on any atom is 0.253 e. The SMILES string of the molecule is CCN(C(=O)[C@@H](C)S(=O)(=O)Cc1ccc(C(=O)N2CCCC2)cc1)c1ccccc1. The molecule has 1 atom stereocenters. The van der Waals surface area contributed by atoms with Crippen LogP contribution in [0.15, 0.2) is 54.6 Å². The zero-order valence-corrected chi connectivity index (χ0v) is 18.3. The third-order valence-corrected chi connectivity index (χ3v) is 7.51. The van der Waals surface area contributed by atoms with Gasteiger partial charge in [0, 0.05) is 30.9 Å². The van der Waals surface area contributed by atoms with Crippen LogP contribution in [-0.4, -0.2) is 50.0 Å². The van der Waals surface area contributed by atoms with E-state index in [1.807, 2.05) is 30.0 Å². The second-order valence-corrected chi connectivity index (χ2v) is 9.89. The summed E-state index contributed by atoms with van der Waals surface area (Å²) < 4.78 is 25.8. The van der Waals surface area contributed by atoms with E-state index in [1.165, 1.54) is 11.8 Å². The normalized spacial score (nSPS) is 15.1. The monoisotopic (exact) mass is 428 g/mol. The standard InChI is InChI=1S/C23H28N2O4S/c1-3-25(21-9-5-4-6-10-21)22(26)18(2)30(28,29)17-19-11-13-20(14-12-19)23(27)24-15-7-8-16-24/h4-6,9-14,18H,3,7-8,15-17H2,1-2H3/t18-/m1/s1. The Morgan fingerprint density at radius 2 is 1.60 bits per heavy atom. The van der Waals surface area contributed by atoms with Crippen LogP contribution in [0.5, 0.6) is 0 Å². The maximum absolute atomic E-state index is 12.9. The molecule has 0 aromatic heterocycles. The van der Waals surface area contributed by atoms with E-state index in [2.05, 4.69) is 0 Å². The first-order chi connectivity index (χ1) is 14.3. The number of amides is 2. The molecule has 0 unspecified atom stereocenters. The van der Waals surface area contributed by atoms with Crippen molar-refractivity contribution in [3.05, 3.63) is 65.7 Å². The Hall–Kier alpha value is -2.67. The minimum Gasteiger partial charge on any atom is -0.339 e. The second-order valence-electron chi connectivity index (χ2n) is 7.56. The van der Waals surface area contributed by atoms with Crippen LogP contribution in [0.2, 0.25) is 0 Å². The minimum absolute atomic E-state index is 0.0214. The zero-order valence-electron chi connectivity index (χ0n) is 17.5. The Kier molecular flexibility index (Phi) is 6.92. The predicted molar refractivity (Wildman–Crippen MR) is 118 cm³/mol. The van der Waals surface area contributed by atoms with E-state index < -0.39 is 21.0 Å². The number of para-hydroxylation sites is 1. The molecule has 6 nitrogen and oxygen atoms in total. The number of carbonyl (C=O) groups is 2. The molecule has 3 rings (SSSR count). The first-order valence-corrected chi connectivity index (χ1v) is 12.0. The third kappa shape index (κ3) is 4.90. The molecule has 0 aliphatic carbocycles. The summed E-state index contributed by atoms with van der Waals surface area (Å²) in [6, 6.07) is 15.7. The Balaban J connectivity index is 1.70. The largest absolute Gasteiger partial charge is 0.339 e. The maximum atomic E-state index is 12.9. The first-order valence-electron chi connectivity index (χ1n) is 10.3. The molecule has 0 radical (unpaired) electrons. The van der Waals surface area contributed by atoms with E-state index in [-0.39, 0.29) is 11.7 Å². The number of rotatable bonds is 7. The molecule has 2 aromatic carbocycles. The van der Waals surface area contributed by atoms with E-state index in [9.17, 15) is 18.0 Å². The van der Waals surface area contributed by atoms with Gasteiger partial charge in [0.05, 0.1) is 5.75 Å². The van der Waals surface area contributed by atoms with Crippen molar-refractivity contribution in [3.63, 3.8) is 0 Å². The van der Waals surface area contributed by atoms with Crippen molar-refractivity contribution < 1.29 is 18.0 Å². The molecule has 1 aliphatic rings. The van der Waals surface area contributed by atoms with Crippen molar-refractivity contribution in [3.8, 4) is 0 Å². The number of hydrogen-bond acceptors (Lipinski definition) is 4. The lowest BCUT2D eigenvalue weighted by Gasteiger charge is -2.24. The Morgan fingerprint density at radius 1 is 1.00 bits per heavy atom. The quantitative estimate of drug-likeness (QED) is 0.678. The van der Waals surface area contributed by atoms with E-state index in [1.54, 1.807) is 36.4 Å². The smallest absolute Gasteiger partial charge is 0.253 e. The van der Waals surface area contributed by atoms with Crippen LogP contribution in [0.4, 0.5) is 5.69 Å². The molecule has 0 N–H and O–H groups in total. The van der Waals surface area contributed by atoms with Crippen molar-refractivity contribution in [1.82, 2.24) is 4.90 Å². The van der Waals surface area contributed by atoms with Crippen LogP contribution < -0.4 is 4.90 Å². The lowest BCUT2D eigenvalue weighted by molar-refractivity contribution is -0.117. The van der Waals surface area contributed by atoms with Gasteiger partial charge in [-0.3, -0.25) is 9.59 Å². The number of nitrogens with zero attached hydrogens (tertiary/aromatic N) is 2. The van der Waals surface area contributed by atoms with Crippen LogP contribution >= 0.6 is 0 Å². The number of likely N-dealkylation sites (tertiary alicyclic amines) is 1. The highest BCUT2D eigenvalue weighted by molar-refractivity contribution is 7.92. The highest BCUT2D eigenvalue weighted by Gasteiger charge is 2.32. The summed E-state index contributed by atoms with van der Waals surface area (Å²) in [6.07, 6.45) is 2.04.